The molecule has 0 bridgehead atoms. The molecule has 104 valence electrons. The van der Waals surface area contributed by atoms with Crippen LogP contribution in [0.4, 0.5) is 0 Å². The van der Waals surface area contributed by atoms with Gasteiger partial charge in [0.05, 0.1) is 0 Å². The van der Waals surface area contributed by atoms with Crippen LogP contribution in [0.25, 0.3) is 21.9 Å². The number of aryl methyl sites for hydroxylation is 1. The molecule has 2 N–H and O–H groups in total. The van der Waals surface area contributed by atoms with E-state index in [1.54, 1.807) is 13.0 Å². The molecule has 0 amide bonds. The first-order valence-electron chi connectivity index (χ1n) is 6.32. The van der Waals surface area contributed by atoms with E-state index >= 15 is 0 Å². The summed E-state index contributed by atoms with van der Waals surface area (Å²) in [5.41, 5.74) is 0.760. The predicted octanol–water partition coefficient (Wildman–Crippen LogP) is 3.38. The minimum absolute atomic E-state index is 0.0710. The molecule has 5 heteroatoms. The number of rotatable bonds is 1. The van der Waals surface area contributed by atoms with E-state index in [4.69, 9.17) is 8.83 Å². The predicted molar refractivity (Wildman–Crippen MR) is 74.4 cm³/mol. The number of aromatic hydroxyl groups is 2. The summed E-state index contributed by atoms with van der Waals surface area (Å²) in [4.78, 5) is 12.0. The first-order chi connectivity index (χ1) is 9.40. The van der Waals surface area contributed by atoms with Gasteiger partial charge in [0.1, 0.15) is 22.3 Å². The Morgan fingerprint density at radius 1 is 1.15 bits per heavy atom. The van der Waals surface area contributed by atoms with E-state index in [-0.39, 0.29) is 22.8 Å². The molecule has 2 aromatic heterocycles. The summed E-state index contributed by atoms with van der Waals surface area (Å²) < 4.78 is 10.8. The van der Waals surface area contributed by atoms with E-state index in [2.05, 4.69) is 0 Å². The fraction of sp³-hybridized carbons (Fsp3) is 0.267. The third-order valence-electron chi connectivity index (χ3n) is 3.37. The van der Waals surface area contributed by atoms with Gasteiger partial charge in [0.2, 0.25) is 0 Å². The second-order valence-corrected chi connectivity index (χ2v) is 5.18. The van der Waals surface area contributed by atoms with Gasteiger partial charge in [0, 0.05) is 17.0 Å². The van der Waals surface area contributed by atoms with Gasteiger partial charge in [-0.05, 0) is 18.9 Å². The first-order valence-corrected chi connectivity index (χ1v) is 6.32. The molecule has 3 aromatic rings. The van der Waals surface area contributed by atoms with Gasteiger partial charge < -0.3 is 19.0 Å². The summed E-state index contributed by atoms with van der Waals surface area (Å²) in [7, 11) is 0. The van der Waals surface area contributed by atoms with Crippen molar-refractivity contribution in [1.82, 2.24) is 0 Å². The van der Waals surface area contributed by atoms with E-state index < -0.39 is 5.63 Å². The number of furan rings is 1. The van der Waals surface area contributed by atoms with Crippen LogP contribution in [0.3, 0.4) is 0 Å². The van der Waals surface area contributed by atoms with Crippen LogP contribution < -0.4 is 5.63 Å². The monoisotopic (exact) mass is 274 g/mol. The van der Waals surface area contributed by atoms with Gasteiger partial charge in [0.25, 0.3) is 0 Å². The number of hydrogen-bond donors (Lipinski definition) is 2. The summed E-state index contributed by atoms with van der Waals surface area (Å²) in [6.07, 6.45) is 0. The Kier molecular flexibility index (Phi) is 2.54. The van der Waals surface area contributed by atoms with Gasteiger partial charge in [-0.3, -0.25) is 0 Å². The van der Waals surface area contributed by atoms with E-state index in [1.165, 1.54) is 6.07 Å². The Bertz CT molecular complexity index is 883. The Morgan fingerprint density at radius 3 is 2.50 bits per heavy atom. The summed E-state index contributed by atoms with van der Waals surface area (Å²) in [5, 5.41) is 20.6. The number of benzene rings is 1. The molecule has 0 unspecified atom stereocenters. The Morgan fingerprint density at radius 2 is 1.85 bits per heavy atom. The van der Waals surface area contributed by atoms with E-state index in [0.29, 0.717) is 27.9 Å². The van der Waals surface area contributed by atoms with Crippen molar-refractivity contribution in [2.45, 2.75) is 26.7 Å². The van der Waals surface area contributed by atoms with E-state index in [9.17, 15) is 15.0 Å². The fourth-order valence-corrected chi connectivity index (χ4v) is 2.51. The van der Waals surface area contributed by atoms with Gasteiger partial charge in [0.15, 0.2) is 11.5 Å². The topological polar surface area (TPSA) is 83.8 Å². The first kappa shape index (κ1) is 12.6. The highest BCUT2D eigenvalue weighted by Crippen LogP contribution is 2.43. The van der Waals surface area contributed by atoms with E-state index in [1.807, 2.05) is 13.8 Å². The minimum atomic E-state index is -0.515. The number of phenols is 2. The van der Waals surface area contributed by atoms with Crippen molar-refractivity contribution in [3.63, 3.8) is 0 Å². The van der Waals surface area contributed by atoms with Crippen molar-refractivity contribution >= 4 is 21.9 Å². The van der Waals surface area contributed by atoms with E-state index in [0.717, 1.165) is 0 Å². The largest absolute Gasteiger partial charge is 0.504 e. The second kappa shape index (κ2) is 4.03. The van der Waals surface area contributed by atoms with Crippen molar-refractivity contribution < 1.29 is 19.0 Å². The molecule has 0 radical (unpaired) electrons. The molecule has 0 aliphatic heterocycles. The zero-order valence-corrected chi connectivity index (χ0v) is 11.4. The Labute approximate surface area is 114 Å². The smallest absolute Gasteiger partial charge is 0.347 e. The SMILES string of the molecule is Cc1cc2oc3c(C(C)C)c(O)c(O)cc3c2c(=O)o1. The maximum absolute atomic E-state index is 12.0. The molecule has 0 saturated heterocycles. The van der Waals surface area contributed by atoms with Crippen LogP contribution in [-0.4, -0.2) is 10.2 Å². The highest BCUT2D eigenvalue weighted by molar-refractivity contribution is 6.06. The third-order valence-corrected chi connectivity index (χ3v) is 3.37. The van der Waals surface area contributed by atoms with Crippen molar-refractivity contribution in [3.8, 4) is 11.5 Å². The molecule has 0 fully saturated rings. The molecule has 3 rings (SSSR count). The number of phenolic OH excluding ortho intramolecular Hbond substituents is 2. The highest BCUT2D eigenvalue weighted by atomic mass is 16.4. The molecule has 0 spiro atoms. The zero-order valence-electron chi connectivity index (χ0n) is 11.4. The summed E-state index contributed by atoms with van der Waals surface area (Å²) >= 11 is 0. The van der Waals surface area contributed by atoms with Gasteiger partial charge in [-0.1, -0.05) is 13.8 Å². The maximum atomic E-state index is 12.0. The lowest BCUT2D eigenvalue weighted by atomic mass is 9.98. The molecule has 20 heavy (non-hydrogen) atoms. The van der Waals surface area contributed by atoms with Gasteiger partial charge >= 0.3 is 5.63 Å². The molecule has 2 heterocycles. The summed E-state index contributed by atoms with van der Waals surface area (Å²) in [5.74, 6) is -0.115. The lowest BCUT2D eigenvalue weighted by Crippen LogP contribution is -1.98. The molecule has 0 aliphatic carbocycles. The lowest BCUT2D eigenvalue weighted by Gasteiger charge is -2.09. The van der Waals surface area contributed by atoms with Crippen molar-refractivity contribution in [3.05, 3.63) is 33.9 Å². The molecule has 5 nitrogen and oxygen atoms in total. The van der Waals surface area contributed by atoms with Crippen molar-refractivity contribution in [2.75, 3.05) is 0 Å². The molecule has 1 aromatic carbocycles. The van der Waals surface area contributed by atoms with Crippen LogP contribution in [0, 0.1) is 6.92 Å². The van der Waals surface area contributed by atoms with Crippen LogP contribution >= 0.6 is 0 Å². The van der Waals surface area contributed by atoms with Crippen LogP contribution in [0.5, 0.6) is 11.5 Å². The lowest BCUT2D eigenvalue weighted by molar-refractivity contribution is 0.398. The summed E-state index contributed by atoms with van der Waals surface area (Å²) in [6.45, 7) is 5.40. The normalized spacial score (nSPS) is 11.8. The summed E-state index contributed by atoms with van der Waals surface area (Å²) in [6, 6.07) is 2.95. The average molecular weight is 274 g/mol. The molecule has 0 atom stereocenters. The number of hydrogen-bond acceptors (Lipinski definition) is 5. The maximum Gasteiger partial charge on any atom is 0.347 e. The van der Waals surface area contributed by atoms with Crippen LogP contribution in [-0.2, 0) is 0 Å². The number of fused-ring (bicyclic) bond motifs is 3. The van der Waals surface area contributed by atoms with Crippen molar-refractivity contribution in [1.29, 1.82) is 0 Å². The standard InChI is InChI=1S/C15H14O5/c1-6(2)11-13(17)9(16)5-8-12-10(20-14(8)11)4-7(3)19-15(12)18/h4-6,16-17H,1-3H3. The van der Waals surface area contributed by atoms with Crippen LogP contribution in [0.2, 0.25) is 0 Å². The van der Waals surface area contributed by atoms with Gasteiger partial charge in [-0.15, -0.1) is 0 Å². The fourth-order valence-electron chi connectivity index (χ4n) is 2.51. The zero-order chi connectivity index (χ0) is 14.6. The van der Waals surface area contributed by atoms with Gasteiger partial charge in [-0.2, -0.15) is 0 Å². The Hall–Kier alpha value is -2.43. The molecular weight excluding hydrogens is 260 g/mol. The quantitative estimate of drug-likeness (QED) is 0.664. The van der Waals surface area contributed by atoms with Crippen LogP contribution in [0.1, 0.15) is 31.1 Å². The third kappa shape index (κ3) is 1.59. The van der Waals surface area contributed by atoms with Crippen molar-refractivity contribution in [2.24, 2.45) is 0 Å². The molecular formula is C15H14O5. The van der Waals surface area contributed by atoms with Gasteiger partial charge in [-0.25, -0.2) is 4.79 Å². The average Bonchev–Trinajstić information content (AvgIpc) is 2.67. The molecule has 0 saturated carbocycles. The second-order valence-electron chi connectivity index (χ2n) is 5.18. The minimum Gasteiger partial charge on any atom is -0.504 e. The Balaban J connectivity index is 2.61. The molecule has 0 aliphatic rings. The highest BCUT2D eigenvalue weighted by Gasteiger charge is 2.22. The van der Waals surface area contributed by atoms with Crippen LogP contribution in [0.15, 0.2) is 25.8 Å².